The Morgan fingerprint density at radius 2 is 2.06 bits per heavy atom. The third kappa shape index (κ3) is 2.00. The molecule has 0 aliphatic heterocycles. The van der Waals surface area contributed by atoms with Crippen molar-refractivity contribution < 1.29 is 4.79 Å². The van der Waals surface area contributed by atoms with Crippen LogP contribution in [0.4, 0.5) is 0 Å². The largest absolute Gasteiger partial charge is 0.322 e. The number of imidazole rings is 1. The van der Waals surface area contributed by atoms with Crippen molar-refractivity contribution in [2.24, 2.45) is 5.92 Å². The van der Waals surface area contributed by atoms with Crippen LogP contribution in [-0.4, -0.2) is 15.8 Å². The van der Waals surface area contributed by atoms with Crippen LogP contribution >= 0.6 is 0 Å². The molecule has 1 heterocycles. The number of carbonyl (C=O) groups is 1. The Bertz CT molecular complexity index is 526. The first kappa shape index (κ1) is 10.3. The number of aldehydes is 1. The van der Waals surface area contributed by atoms with Crippen LogP contribution in [0.25, 0.3) is 11.4 Å². The number of aromatic nitrogens is 2. The van der Waals surface area contributed by atoms with Crippen LogP contribution in [0.3, 0.4) is 0 Å². The molecule has 1 fully saturated rings. The Morgan fingerprint density at radius 3 is 2.71 bits per heavy atom. The van der Waals surface area contributed by atoms with E-state index in [2.05, 4.69) is 4.98 Å². The third-order valence-corrected chi connectivity index (χ3v) is 3.18. The molecule has 17 heavy (non-hydrogen) atoms. The summed E-state index contributed by atoms with van der Waals surface area (Å²) >= 11 is 0. The van der Waals surface area contributed by atoms with Crippen molar-refractivity contribution in [1.29, 1.82) is 0 Å². The molecule has 0 unspecified atom stereocenters. The van der Waals surface area contributed by atoms with Crippen LogP contribution in [0.5, 0.6) is 0 Å². The molecule has 0 radical (unpaired) electrons. The quantitative estimate of drug-likeness (QED) is 0.751. The lowest BCUT2D eigenvalue weighted by Crippen LogP contribution is -2.06. The molecule has 0 bridgehead atoms. The molecule has 1 aliphatic carbocycles. The van der Waals surface area contributed by atoms with Gasteiger partial charge in [0.15, 0.2) is 6.29 Å². The Morgan fingerprint density at radius 1 is 1.29 bits per heavy atom. The predicted octanol–water partition coefficient (Wildman–Crippen LogP) is 2.77. The molecule has 0 saturated heterocycles. The molecule has 1 aliphatic rings. The van der Waals surface area contributed by atoms with Crippen molar-refractivity contribution in [3.05, 3.63) is 42.2 Å². The van der Waals surface area contributed by atoms with Gasteiger partial charge in [-0.25, -0.2) is 4.98 Å². The molecule has 0 spiro atoms. The molecule has 0 atom stereocenters. The van der Waals surface area contributed by atoms with Gasteiger partial charge in [-0.1, -0.05) is 30.3 Å². The molecular weight excluding hydrogens is 212 g/mol. The summed E-state index contributed by atoms with van der Waals surface area (Å²) in [5.41, 5.74) is 1.75. The zero-order chi connectivity index (χ0) is 11.7. The minimum Gasteiger partial charge on any atom is -0.322 e. The van der Waals surface area contributed by atoms with E-state index in [1.807, 2.05) is 34.9 Å². The van der Waals surface area contributed by atoms with Crippen LogP contribution in [0.2, 0.25) is 0 Å². The molecule has 3 nitrogen and oxygen atoms in total. The van der Waals surface area contributed by atoms with Crippen LogP contribution in [-0.2, 0) is 6.54 Å². The van der Waals surface area contributed by atoms with Gasteiger partial charge in [0.05, 0.1) is 6.20 Å². The number of nitrogens with zero attached hydrogens (tertiary/aromatic N) is 2. The lowest BCUT2D eigenvalue weighted by molar-refractivity contribution is 0.111. The van der Waals surface area contributed by atoms with Gasteiger partial charge in [-0.3, -0.25) is 4.79 Å². The molecule has 3 rings (SSSR count). The van der Waals surface area contributed by atoms with E-state index in [0.29, 0.717) is 5.69 Å². The van der Waals surface area contributed by atoms with E-state index in [1.165, 1.54) is 12.8 Å². The van der Waals surface area contributed by atoms with Gasteiger partial charge >= 0.3 is 0 Å². The van der Waals surface area contributed by atoms with E-state index < -0.39 is 0 Å². The average molecular weight is 226 g/mol. The topological polar surface area (TPSA) is 34.9 Å². The summed E-state index contributed by atoms with van der Waals surface area (Å²) in [6.07, 6.45) is 5.09. The first-order valence-electron chi connectivity index (χ1n) is 5.94. The summed E-state index contributed by atoms with van der Waals surface area (Å²) in [6, 6.07) is 10.0. The van der Waals surface area contributed by atoms with E-state index in [9.17, 15) is 4.79 Å². The maximum atomic E-state index is 11.0. The number of rotatable bonds is 4. The molecule has 2 aromatic rings. The van der Waals surface area contributed by atoms with Gasteiger partial charge in [0.25, 0.3) is 0 Å². The van der Waals surface area contributed by atoms with Gasteiger partial charge in [0.2, 0.25) is 0 Å². The van der Waals surface area contributed by atoms with Gasteiger partial charge < -0.3 is 4.57 Å². The smallest absolute Gasteiger partial charge is 0.168 e. The second-order valence-electron chi connectivity index (χ2n) is 4.54. The summed E-state index contributed by atoms with van der Waals surface area (Å²) in [5, 5.41) is 0. The SMILES string of the molecule is O=Cc1cnc(-c2ccccc2)n1CC1CC1. The van der Waals surface area contributed by atoms with Gasteiger partial charge in [-0.2, -0.15) is 0 Å². The van der Waals surface area contributed by atoms with Crippen LogP contribution in [0.1, 0.15) is 23.3 Å². The fourth-order valence-electron chi connectivity index (χ4n) is 2.05. The van der Waals surface area contributed by atoms with Crippen molar-refractivity contribution in [1.82, 2.24) is 9.55 Å². The zero-order valence-electron chi connectivity index (χ0n) is 9.54. The highest BCUT2D eigenvalue weighted by Crippen LogP contribution is 2.32. The number of hydrogen-bond acceptors (Lipinski definition) is 2. The van der Waals surface area contributed by atoms with E-state index in [1.54, 1.807) is 6.20 Å². The standard InChI is InChI=1S/C14H14N2O/c17-10-13-8-15-14(12-4-2-1-3-5-12)16(13)9-11-6-7-11/h1-5,8,10-11H,6-7,9H2. The van der Waals surface area contributed by atoms with Gasteiger partial charge in [0, 0.05) is 12.1 Å². The van der Waals surface area contributed by atoms with Crippen molar-refractivity contribution in [3.63, 3.8) is 0 Å². The number of hydrogen-bond donors (Lipinski definition) is 0. The minimum atomic E-state index is 0.677. The maximum absolute atomic E-state index is 11.0. The molecular formula is C14H14N2O. The van der Waals surface area contributed by atoms with Gasteiger partial charge in [-0.05, 0) is 18.8 Å². The van der Waals surface area contributed by atoms with Crippen LogP contribution in [0.15, 0.2) is 36.5 Å². The summed E-state index contributed by atoms with van der Waals surface area (Å²) in [7, 11) is 0. The maximum Gasteiger partial charge on any atom is 0.168 e. The molecule has 1 saturated carbocycles. The monoisotopic (exact) mass is 226 g/mol. The van der Waals surface area contributed by atoms with Crippen LogP contribution < -0.4 is 0 Å². The second-order valence-corrected chi connectivity index (χ2v) is 4.54. The first-order valence-corrected chi connectivity index (χ1v) is 5.94. The van der Waals surface area contributed by atoms with Crippen molar-refractivity contribution >= 4 is 6.29 Å². The molecule has 1 aromatic carbocycles. The van der Waals surface area contributed by atoms with Crippen molar-refractivity contribution in [2.45, 2.75) is 19.4 Å². The summed E-state index contributed by atoms with van der Waals surface area (Å²) in [6.45, 7) is 0.915. The molecule has 0 N–H and O–H groups in total. The third-order valence-electron chi connectivity index (χ3n) is 3.18. The zero-order valence-corrected chi connectivity index (χ0v) is 9.54. The Balaban J connectivity index is 2.03. The first-order chi connectivity index (χ1) is 8.38. The minimum absolute atomic E-state index is 0.677. The number of benzene rings is 1. The normalized spacial score (nSPS) is 14.8. The lowest BCUT2D eigenvalue weighted by Gasteiger charge is -2.08. The fraction of sp³-hybridized carbons (Fsp3) is 0.286. The Hall–Kier alpha value is -1.90. The fourth-order valence-corrected chi connectivity index (χ4v) is 2.05. The Labute approximate surface area is 100 Å². The highest BCUT2D eigenvalue weighted by Gasteiger charge is 2.24. The van der Waals surface area contributed by atoms with E-state index in [4.69, 9.17) is 0 Å². The molecule has 0 amide bonds. The highest BCUT2D eigenvalue weighted by atomic mass is 16.1. The predicted molar refractivity (Wildman–Crippen MR) is 65.8 cm³/mol. The van der Waals surface area contributed by atoms with E-state index in [-0.39, 0.29) is 0 Å². The molecule has 86 valence electrons. The summed E-state index contributed by atoms with van der Waals surface area (Å²) in [5.74, 6) is 1.63. The summed E-state index contributed by atoms with van der Waals surface area (Å²) in [4.78, 5) is 15.4. The van der Waals surface area contributed by atoms with Crippen LogP contribution in [0, 0.1) is 5.92 Å². The Kier molecular flexibility index (Phi) is 2.52. The lowest BCUT2D eigenvalue weighted by atomic mass is 10.2. The van der Waals surface area contributed by atoms with Gasteiger partial charge in [-0.15, -0.1) is 0 Å². The van der Waals surface area contributed by atoms with Crippen molar-refractivity contribution in [3.8, 4) is 11.4 Å². The molecule has 3 heteroatoms. The highest BCUT2D eigenvalue weighted by molar-refractivity contribution is 5.74. The summed E-state index contributed by atoms with van der Waals surface area (Å²) < 4.78 is 2.04. The van der Waals surface area contributed by atoms with E-state index >= 15 is 0 Å². The van der Waals surface area contributed by atoms with Crippen molar-refractivity contribution in [2.75, 3.05) is 0 Å². The van der Waals surface area contributed by atoms with E-state index in [0.717, 1.165) is 30.1 Å². The number of carbonyl (C=O) groups excluding carboxylic acids is 1. The molecule has 1 aromatic heterocycles. The van der Waals surface area contributed by atoms with Gasteiger partial charge in [0.1, 0.15) is 11.5 Å². The second kappa shape index (κ2) is 4.17. The average Bonchev–Trinajstić information content (AvgIpc) is 3.09.